The molecule has 552 valence electrons. The summed E-state index contributed by atoms with van der Waals surface area (Å²) >= 11 is 0. The van der Waals surface area contributed by atoms with Crippen molar-refractivity contribution in [3.8, 4) is 0 Å². The second kappa shape index (κ2) is 41.5. The minimum atomic E-state index is -0.851. The molecule has 0 radical (unpaired) electrons. The van der Waals surface area contributed by atoms with Crippen molar-refractivity contribution in [2.45, 2.75) is 172 Å². The Hall–Kier alpha value is -9.79. The van der Waals surface area contributed by atoms with Crippen LogP contribution in [0, 0.1) is 58.8 Å². The van der Waals surface area contributed by atoms with E-state index in [9.17, 15) is 61.3 Å². The Morgan fingerprint density at radius 2 is 0.702 bits per heavy atom. The highest BCUT2D eigenvalue weighted by atomic mass is 19.1. The van der Waals surface area contributed by atoms with Gasteiger partial charge in [-0.1, -0.05) is 109 Å². The molecule has 4 aromatic carbocycles. The second-order valence-corrected chi connectivity index (χ2v) is 26.8. The van der Waals surface area contributed by atoms with Gasteiger partial charge < -0.3 is 43.4 Å². The maximum Gasteiger partial charge on any atom is 0.331 e. The van der Waals surface area contributed by atoms with Gasteiger partial charge in [-0.15, -0.1) is 0 Å². The van der Waals surface area contributed by atoms with Crippen LogP contribution in [-0.2, 0) is 66.7 Å². The highest BCUT2D eigenvalue weighted by Crippen LogP contribution is 2.41. The number of cyclic esters (lactones) is 3. The van der Waals surface area contributed by atoms with E-state index in [0.29, 0.717) is 50.5 Å². The molecule has 0 bridgehead atoms. The number of hydrogen-bond acceptors (Lipinski definition) is 16. The van der Waals surface area contributed by atoms with Crippen LogP contribution in [-0.4, -0.2) is 107 Å². The van der Waals surface area contributed by atoms with Crippen LogP contribution in [0.1, 0.15) is 139 Å². The summed E-state index contributed by atoms with van der Waals surface area (Å²) in [6.07, 6.45) is 36.8. The summed E-state index contributed by atoms with van der Waals surface area (Å²) in [7, 11) is 0. The first-order valence-corrected chi connectivity index (χ1v) is 35.7. The van der Waals surface area contributed by atoms with Gasteiger partial charge in [0.25, 0.3) is 0 Å². The molecule has 3 saturated carbocycles. The summed E-state index contributed by atoms with van der Waals surface area (Å²) in [6.45, 7) is 5.54. The Bertz CT molecular complexity index is 3850. The van der Waals surface area contributed by atoms with Crippen molar-refractivity contribution in [1.82, 2.24) is 0 Å². The van der Waals surface area contributed by atoms with E-state index in [4.69, 9.17) is 33.2 Å². The van der Waals surface area contributed by atoms with Crippen molar-refractivity contribution in [1.29, 1.82) is 0 Å². The molecule has 3 aliphatic carbocycles. The van der Waals surface area contributed by atoms with Crippen LogP contribution < -0.4 is 0 Å². The van der Waals surface area contributed by atoms with Gasteiger partial charge in [-0.25, -0.2) is 51.1 Å². The summed E-state index contributed by atoms with van der Waals surface area (Å²) in [5.74, 6) is -6.51. The number of carbonyl (C=O) groups excluding carboxylic acids is 7. The van der Waals surface area contributed by atoms with Crippen LogP contribution in [0.5, 0.6) is 0 Å². The number of rotatable bonds is 12. The largest absolute Gasteiger partial charge is 0.460 e. The molecule has 0 unspecified atom stereocenters. The van der Waals surface area contributed by atoms with Crippen molar-refractivity contribution in [3.05, 3.63) is 240 Å². The predicted octanol–water partition coefficient (Wildman–Crippen LogP) is 15.5. The zero-order chi connectivity index (χ0) is 74.3. The standard InChI is InChI=1S/C34H34F2O6.2C25H29FO5/c1-23-9-3-2-4-12-26-21-27(41-33(38)18-15-24-10-5-7-13-29(24)35)22-28(26)31(17-20-32(37)40-23)42-34(39)19-16-25-11-6-8-14-30(25)36;1-17-7-3-2-4-9-19-15-20(16-21(19)23(27)12-14-24(28)30-17)31-25(29)13-11-18-8-5-6-10-22(18)26;1-17-7-3-2-4-9-19-15-20(27)16-21(19)23(12-14-24(28)30-17)31-25(29)13-11-18-8-5-6-10-22(18)26/h4-8,10-20,23,26-28,31H,2-3,9,21-22H2,1H3;2*4-6,8-14,17,19-21,23,27H,2-3,7,15-16H2,1H3/b12-4+,18-15+,19-16+,20-17+;2*9-4+,13-11+,14-12+/t23-,26+,27-,28+,31+;2*17-,19+,20-,21+,23+/m000/s1. The number of aliphatic hydroxyl groups excluding tert-OH is 2. The van der Waals surface area contributed by atoms with E-state index in [-0.39, 0.29) is 76.6 Å². The van der Waals surface area contributed by atoms with E-state index in [2.05, 4.69) is 24.3 Å². The summed E-state index contributed by atoms with van der Waals surface area (Å²) in [6, 6.07) is 24.4. The number of fused-ring (bicyclic) bond motifs is 3. The first kappa shape index (κ1) is 79.9. The third kappa shape index (κ3) is 26.8. The second-order valence-electron chi connectivity index (χ2n) is 26.8. The number of aliphatic hydroxyl groups is 2. The molecule has 3 aliphatic heterocycles. The molecule has 104 heavy (non-hydrogen) atoms. The molecule has 0 aromatic heterocycles. The third-order valence-electron chi connectivity index (χ3n) is 18.8. The van der Waals surface area contributed by atoms with Gasteiger partial charge in [-0.3, -0.25) is 0 Å². The SMILES string of the molecule is C[C@H]1CCC/C=C/[C@@H]2C[C@H](O)C[C@H]2[C@H](OC(=O)/C=C/c2ccccc2F)/C=C/C(=O)O1.C[C@H]1CCC/C=C/[C@@H]2C[C@H](OC(=O)/C=C/c3ccccc3F)C[C@H]2[C@H](O)/C=C/C(=O)O1.C[C@H]1CCC/C=C/[C@@H]2C[C@H](OC(=O)/C=C/c3ccccc3F)C[C@H]2[C@H](OC(=O)/C=C/c2ccccc2F)/C=C/C(=O)O1. The van der Waals surface area contributed by atoms with Gasteiger partial charge in [-0.2, -0.15) is 0 Å². The van der Waals surface area contributed by atoms with Crippen molar-refractivity contribution in [2.75, 3.05) is 0 Å². The van der Waals surface area contributed by atoms with E-state index in [1.807, 2.05) is 32.9 Å². The zero-order valence-electron chi connectivity index (χ0n) is 58.7. The molecule has 16 nitrogen and oxygen atoms in total. The number of esters is 7. The Balaban J connectivity index is 0.000000201. The normalized spacial score (nSPS) is 29.5. The minimum Gasteiger partial charge on any atom is -0.460 e. The summed E-state index contributed by atoms with van der Waals surface area (Å²) < 4.78 is 94.2. The van der Waals surface area contributed by atoms with E-state index < -0.39 is 95.6 Å². The molecular weight excluding hydrogens is 1340 g/mol. The average Bonchev–Trinajstić information content (AvgIpc) is 1.69. The van der Waals surface area contributed by atoms with Gasteiger partial charge in [-0.05, 0) is 208 Å². The van der Waals surface area contributed by atoms with Crippen LogP contribution in [0.3, 0.4) is 0 Å². The number of carbonyl (C=O) groups is 7. The maximum atomic E-state index is 14.0. The number of allylic oxidation sites excluding steroid dienone is 6. The lowest BCUT2D eigenvalue weighted by Crippen LogP contribution is -2.27. The van der Waals surface area contributed by atoms with Gasteiger partial charge in [0, 0.05) is 76.6 Å². The molecule has 3 fully saturated rings. The highest BCUT2D eigenvalue weighted by Gasteiger charge is 2.42. The molecule has 4 aromatic rings. The molecule has 0 spiro atoms. The number of ether oxygens (including phenoxy) is 7. The summed E-state index contributed by atoms with van der Waals surface area (Å²) in [4.78, 5) is 86.7. The Labute approximate surface area is 605 Å². The van der Waals surface area contributed by atoms with Gasteiger partial charge in [0.1, 0.15) is 47.7 Å². The molecule has 15 atom stereocenters. The third-order valence-corrected chi connectivity index (χ3v) is 18.8. The van der Waals surface area contributed by atoms with Crippen LogP contribution in [0.2, 0.25) is 0 Å². The fourth-order valence-corrected chi connectivity index (χ4v) is 13.5. The number of benzene rings is 4. The summed E-state index contributed by atoms with van der Waals surface area (Å²) in [5.41, 5.74) is 1.09. The van der Waals surface area contributed by atoms with Crippen LogP contribution in [0.4, 0.5) is 17.6 Å². The Morgan fingerprint density at radius 1 is 0.394 bits per heavy atom. The van der Waals surface area contributed by atoms with Crippen molar-refractivity contribution in [3.63, 3.8) is 0 Å². The van der Waals surface area contributed by atoms with Crippen LogP contribution in [0.25, 0.3) is 24.3 Å². The summed E-state index contributed by atoms with van der Waals surface area (Å²) in [5, 5.41) is 20.8. The quantitative estimate of drug-likeness (QED) is 0.0442. The monoisotopic (exact) mass is 1430 g/mol. The topological polar surface area (TPSA) is 225 Å². The van der Waals surface area contributed by atoms with Crippen molar-refractivity contribution >= 4 is 66.1 Å². The first-order chi connectivity index (χ1) is 50.1. The van der Waals surface area contributed by atoms with Gasteiger partial charge in [0.05, 0.1) is 30.5 Å². The molecule has 6 aliphatic rings. The fraction of sp³-hybridized carbons (Fsp3) is 0.393. The lowest BCUT2D eigenvalue weighted by molar-refractivity contribution is -0.146. The molecule has 2 N–H and O–H groups in total. The van der Waals surface area contributed by atoms with Crippen LogP contribution >= 0.6 is 0 Å². The van der Waals surface area contributed by atoms with E-state index in [0.717, 1.165) is 57.4 Å². The van der Waals surface area contributed by atoms with Crippen molar-refractivity contribution in [2.24, 2.45) is 35.5 Å². The van der Waals surface area contributed by atoms with Gasteiger partial charge in [0.15, 0.2) is 0 Å². The van der Waals surface area contributed by atoms with Crippen molar-refractivity contribution < 1.29 is 94.5 Å². The molecule has 0 saturated heterocycles. The molecule has 10 rings (SSSR count). The van der Waals surface area contributed by atoms with Crippen LogP contribution in [0.15, 0.2) is 194 Å². The molecule has 0 amide bonds. The zero-order valence-corrected chi connectivity index (χ0v) is 58.7. The Kier molecular flexibility index (Phi) is 31.9. The highest BCUT2D eigenvalue weighted by molar-refractivity contribution is 5.90. The molecule has 20 heteroatoms. The maximum absolute atomic E-state index is 14.0. The number of halogens is 4. The van der Waals surface area contributed by atoms with E-state index >= 15 is 0 Å². The predicted molar refractivity (Wildman–Crippen MR) is 385 cm³/mol. The fourth-order valence-electron chi connectivity index (χ4n) is 13.5. The molecular formula is C84H92F4O16. The van der Waals surface area contributed by atoms with Gasteiger partial charge >= 0.3 is 41.8 Å². The lowest BCUT2D eigenvalue weighted by atomic mass is 9.89. The Morgan fingerprint density at radius 3 is 1.07 bits per heavy atom. The van der Waals surface area contributed by atoms with E-state index in [1.54, 1.807) is 66.7 Å². The lowest BCUT2D eigenvalue weighted by Gasteiger charge is -2.24. The average molecular weight is 1430 g/mol. The van der Waals surface area contributed by atoms with Gasteiger partial charge in [0.2, 0.25) is 0 Å². The number of hydrogen-bond donors (Lipinski definition) is 2. The molecule has 3 heterocycles. The first-order valence-electron chi connectivity index (χ1n) is 35.7. The van der Waals surface area contributed by atoms with E-state index in [1.165, 1.54) is 109 Å². The smallest absolute Gasteiger partial charge is 0.331 e. The minimum absolute atomic E-state index is 0.0298.